The first-order valence-corrected chi connectivity index (χ1v) is 10.4. The molecule has 140 valence electrons. The first-order chi connectivity index (χ1) is 12.8. The minimum atomic E-state index is -0.446. The van der Waals surface area contributed by atoms with Crippen LogP contribution in [0.1, 0.15) is 57.8 Å². The highest BCUT2D eigenvalue weighted by atomic mass is 16.2. The van der Waals surface area contributed by atoms with Gasteiger partial charge in [0.2, 0.25) is 0 Å². The summed E-state index contributed by atoms with van der Waals surface area (Å²) in [6, 6.07) is 10.2. The summed E-state index contributed by atoms with van der Waals surface area (Å²) in [6.07, 6.45) is 13.3. The molecule has 4 heteroatoms. The van der Waals surface area contributed by atoms with Gasteiger partial charge in [0.25, 0.3) is 5.91 Å². The second-order valence-electron chi connectivity index (χ2n) is 8.30. The van der Waals surface area contributed by atoms with Gasteiger partial charge in [0.1, 0.15) is 5.54 Å². The van der Waals surface area contributed by atoms with Crippen molar-refractivity contribution in [3.8, 4) is 0 Å². The van der Waals surface area contributed by atoms with Crippen molar-refractivity contribution in [3.63, 3.8) is 0 Å². The predicted molar refractivity (Wildman–Crippen MR) is 107 cm³/mol. The van der Waals surface area contributed by atoms with Gasteiger partial charge in [0.05, 0.1) is 6.34 Å². The molecule has 2 heterocycles. The van der Waals surface area contributed by atoms with Crippen molar-refractivity contribution in [1.82, 2.24) is 4.90 Å². The Morgan fingerprint density at radius 2 is 1.62 bits per heavy atom. The van der Waals surface area contributed by atoms with Gasteiger partial charge < -0.3 is 9.80 Å². The third kappa shape index (κ3) is 3.57. The lowest BCUT2D eigenvalue weighted by molar-refractivity contribution is -0.123. The molecule has 1 amide bonds. The number of hydrogen-bond donors (Lipinski definition) is 0. The Morgan fingerprint density at radius 1 is 0.962 bits per heavy atom. The molecule has 3 aliphatic rings. The smallest absolute Gasteiger partial charge is 0.273 e. The largest absolute Gasteiger partial charge is 0.317 e. The van der Waals surface area contributed by atoms with Crippen molar-refractivity contribution in [2.24, 2.45) is 10.9 Å². The molecule has 0 aromatic heterocycles. The first-order valence-electron chi connectivity index (χ1n) is 10.4. The van der Waals surface area contributed by atoms with E-state index in [1.54, 1.807) is 6.34 Å². The van der Waals surface area contributed by atoms with E-state index in [2.05, 4.69) is 26.9 Å². The maximum Gasteiger partial charge on any atom is 0.273 e. The molecule has 0 radical (unpaired) electrons. The Kier molecular flexibility index (Phi) is 5.39. The first kappa shape index (κ1) is 17.7. The number of rotatable bonds is 3. The highest BCUT2D eigenvalue weighted by molar-refractivity contribution is 6.08. The summed E-state index contributed by atoms with van der Waals surface area (Å²) >= 11 is 0. The number of para-hydroxylation sites is 1. The summed E-state index contributed by atoms with van der Waals surface area (Å²) in [5, 5.41) is 0. The van der Waals surface area contributed by atoms with E-state index in [0.29, 0.717) is 0 Å². The molecule has 0 bridgehead atoms. The van der Waals surface area contributed by atoms with E-state index in [0.717, 1.165) is 37.5 Å². The quantitative estimate of drug-likeness (QED) is 0.815. The minimum Gasteiger partial charge on any atom is -0.317 e. The third-order valence-electron chi connectivity index (χ3n) is 6.61. The second kappa shape index (κ2) is 7.91. The van der Waals surface area contributed by atoms with E-state index in [1.807, 2.05) is 18.2 Å². The molecule has 2 fully saturated rings. The van der Waals surface area contributed by atoms with Gasteiger partial charge in [-0.15, -0.1) is 0 Å². The Labute approximate surface area is 157 Å². The van der Waals surface area contributed by atoms with E-state index in [9.17, 15) is 4.79 Å². The molecule has 1 saturated carbocycles. The number of aliphatic imine (C=N–C) groups is 1. The highest BCUT2D eigenvalue weighted by Gasteiger charge is 2.49. The molecule has 4 nitrogen and oxygen atoms in total. The molecular formula is C22H31N3O. The van der Waals surface area contributed by atoms with Crippen LogP contribution in [0.25, 0.3) is 0 Å². The van der Waals surface area contributed by atoms with Crippen LogP contribution in [0, 0.1) is 5.92 Å². The summed E-state index contributed by atoms with van der Waals surface area (Å²) in [7, 11) is 0. The Hall–Kier alpha value is -1.68. The van der Waals surface area contributed by atoms with Gasteiger partial charge in [-0.25, -0.2) is 4.99 Å². The van der Waals surface area contributed by atoms with Crippen molar-refractivity contribution in [2.75, 3.05) is 24.5 Å². The number of hydrogen-bond acceptors (Lipinski definition) is 3. The predicted octanol–water partition coefficient (Wildman–Crippen LogP) is 4.26. The average Bonchev–Trinajstić information content (AvgIpc) is 2.96. The average molecular weight is 354 g/mol. The van der Waals surface area contributed by atoms with Crippen molar-refractivity contribution in [1.29, 1.82) is 0 Å². The summed E-state index contributed by atoms with van der Waals surface area (Å²) < 4.78 is 0. The van der Waals surface area contributed by atoms with Crippen LogP contribution < -0.4 is 4.90 Å². The van der Waals surface area contributed by atoms with Gasteiger partial charge in [-0.1, -0.05) is 50.3 Å². The van der Waals surface area contributed by atoms with Crippen LogP contribution in [0.15, 0.2) is 35.3 Å². The topological polar surface area (TPSA) is 35.9 Å². The summed E-state index contributed by atoms with van der Waals surface area (Å²) in [5.41, 5.74) is 0.634. The lowest BCUT2D eigenvalue weighted by Gasteiger charge is -2.43. The molecule has 0 atom stereocenters. The number of likely N-dealkylation sites (tertiary alicyclic amines) is 1. The van der Waals surface area contributed by atoms with Gasteiger partial charge in [-0.05, 0) is 43.7 Å². The van der Waals surface area contributed by atoms with Crippen LogP contribution in [-0.2, 0) is 4.79 Å². The van der Waals surface area contributed by atoms with Gasteiger partial charge in [0.15, 0.2) is 0 Å². The van der Waals surface area contributed by atoms with Crippen LogP contribution in [0.2, 0.25) is 0 Å². The number of benzene rings is 1. The summed E-state index contributed by atoms with van der Waals surface area (Å²) in [5.74, 6) is 0.900. The number of amides is 1. The third-order valence-corrected chi connectivity index (χ3v) is 6.61. The van der Waals surface area contributed by atoms with E-state index in [-0.39, 0.29) is 5.91 Å². The molecular weight excluding hydrogens is 322 g/mol. The monoisotopic (exact) mass is 353 g/mol. The molecule has 0 unspecified atom stereocenters. The minimum absolute atomic E-state index is 0.0481. The van der Waals surface area contributed by atoms with E-state index in [4.69, 9.17) is 0 Å². The zero-order chi connectivity index (χ0) is 17.8. The summed E-state index contributed by atoms with van der Waals surface area (Å²) in [6.45, 7) is 3.24. The SMILES string of the molecule is O=C1N=CN(c2ccccc2)C12CCN(CC1CCCCCCC1)CC2. The lowest BCUT2D eigenvalue weighted by Crippen LogP contribution is -2.57. The van der Waals surface area contributed by atoms with Crippen LogP contribution in [-0.4, -0.2) is 42.3 Å². The fraction of sp³-hybridized carbons (Fsp3) is 0.636. The number of carbonyl (C=O) groups excluding carboxylic acids is 1. The van der Waals surface area contributed by atoms with E-state index >= 15 is 0 Å². The Morgan fingerprint density at radius 3 is 2.31 bits per heavy atom. The molecule has 1 spiro atoms. The summed E-state index contributed by atoms with van der Waals surface area (Å²) in [4.78, 5) is 21.6. The van der Waals surface area contributed by atoms with Crippen LogP contribution in [0.4, 0.5) is 5.69 Å². The molecule has 1 saturated heterocycles. The normalized spacial score (nSPS) is 24.8. The fourth-order valence-corrected chi connectivity index (χ4v) is 4.99. The van der Waals surface area contributed by atoms with Crippen LogP contribution in [0.3, 0.4) is 0 Å². The second-order valence-corrected chi connectivity index (χ2v) is 8.30. The number of piperidine rings is 1. The number of carbonyl (C=O) groups is 1. The van der Waals surface area contributed by atoms with Gasteiger partial charge in [-0.3, -0.25) is 4.79 Å². The van der Waals surface area contributed by atoms with E-state index in [1.165, 1.54) is 51.5 Å². The molecule has 1 aromatic rings. The number of anilines is 1. The zero-order valence-electron chi connectivity index (χ0n) is 15.8. The zero-order valence-corrected chi connectivity index (χ0v) is 15.8. The van der Waals surface area contributed by atoms with Crippen molar-refractivity contribution >= 4 is 17.9 Å². The molecule has 4 rings (SSSR count). The van der Waals surface area contributed by atoms with Crippen molar-refractivity contribution in [2.45, 2.75) is 63.3 Å². The maximum atomic E-state index is 12.7. The van der Waals surface area contributed by atoms with E-state index < -0.39 is 5.54 Å². The highest BCUT2D eigenvalue weighted by Crippen LogP contribution is 2.37. The standard InChI is InChI=1S/C22H31N3O/c26-21-22(25(18-23-21)20-11-7-4-8-12-20)13-15-24(16-14-22)17-19-9-5-2-1-3-6-10-19/h4,7-8,11-12,18-19H,1-3,5-6,9-10,13-17H2. The molecule has 1 aliphatic carbocycles. The van der Waals surface area contributed by atoms with Crippen LogP contribution >= 0.6 is 0 Å². The maximum absolute atomic E-state index is 12.7. The van der Waals surface area contributed by atoms with Gasteiger partial charge in [0, 0.05) is 25.3 Å². The lowest BCUT2D eigenvalue weighted by atomic mass is 9.84. The Balaban J connectivity index is 1.39. The Bertz CT molecular complexity index is 626. The molecule has 0 N–H and O–H groups in total. The number of nitrogens with zero attached hydrogens (tertiary/aromatic N) is 3. The van der Waals surface area contributed by atoms with Crippen LogP contribution in [0.5, 0.6) is 0 Å². The molecule has 26 heavy (non-hydrogen) atoms. The van der Waals surface area contributed by atoms with Crippen molar-refractivity contribution in [3.05, 3.63) is 30.3 Å². The fourth-order valence-electron chi connectivity index (χ4n) is 4.99. The molecule has 2 aliphatic heterocycles. The van der Waals surface area contributed by atoms with Gasteiger partial charge >= 0.3 is 0 Å². The van der Waals surface area contributed by atoms with Gasteiger partial charge in [-0.2, -0.15) is 0 Å². The molecule has 1 aromatic carbocycles. The van der Waals surface area contributed by atoms with Crippen molar-refractivity contribution < 1.29 is 4.79 Å².